The molecule has 11 heteroatoms. The molecule has 3 aromatic rings. The minimum atomic E-state index is -0.688. The van der Waals surface area contributed by atoms with Crippen LogP contribution in [0.1, 0.15) is 55.3 Å². The lowest BCUT2D eigenvalue weighted by molar-refractivity contribution is -0.383. The third-order valence-electron chi connectivity index (χ3n) is 6.92. The SMILES string of the molecule is COC1CCC(NC(=O)Nc2nc(C(C)c3cc(F)ccc3OCc3ccccc3)cc(N)c2[N+](=O)[O-])CC1. The third-order valence-corrected chi connectivity index (χ3v) is 6.92. The number of nitrogens with one attached hydrogen (secondary N) is 2. The van der Waals surface area contributed by atoms with Gasteiger partial charge in [-0.3, -0.25) is 15.4 Å². The Morgan fingerprint density at radius 3 is 2.56 bits per heavy atom. The first-order valence-electron chi connectivity index (χ1n) is 12.8. The van der Waals surface area contributed by atoms with Gasteiger partial charge in [-0.25, -0.2) is 14.2 Å². The number of rotatable bonds is 9. The van der Waals surface area contributed by atoms with Crippen molar-refractivity contribution in [2.24, 2.45) is 0 Å². The number of ether oxygens (including phenoxy) is 2. The number of aromatic nitrogens is 1. The second kappa shape index (κ2) is 12.5. The summed E-state index contributed by atoms with van der Waals surface area (Å²) in [7, 11) is 1.66. The number of amides is 2. The van der Waals surface area contributed by atoms with Crippen LogP contribution in [0.25, 0.3) is 0 Å². The number of nitrogens with two attached hydrogens (primary N) is 1. The number of carbonyl (C=O) groups is 1. The Morgan fingerprint density at radius 2 is 1.90 bits per heavy atom. The Labute approximate surface area is 225 Å². The van der Waals surface area contributed by atoms with Crippen molar-refractivity contribution in [2.45, 2.75) is 57.3 Å². The summed E-state index contributed by atoms with van der Waals surface area (Å²) in [4.78, 5) is 28.2. The smallest absolute Gasteiger partial charge is 0.334 e. The number of benzene rings is 2. The summed E-state index contributed by atoms with van der Waals surface area (Å²) in [5, 5.41) is 17.1. The number of nitro groups is 1. The zero-order valence-corrected chi connectivity index (χ0v) is 21.9. The molecule has 0 saturated heterocycles. The van der Waals surface area contributed by atoms with Gasteiger partial charge in [0.2, 0.25) is 5.82 Å². The first-order valence-corrected chi connectivity index (χ1v) is 12.8. The highest BCUT2D eigenvalue weighted by molar-refractivity contribution is 5.92. The van der Waals surface area contributed by atoms with Gasteiger partial charge in [0.15, 0.2) is 0 Å². The number of nitrogens with zero attached hydrogens (tertiary/aromatic N) is 2. The van der Waals surface area contributed by atoms with Crippen LogP contribution in [0.15, 0.2) is 54.6 Å². The molecule has 1 aliphatic carbocycles. The minimum Gasteiger partial charge on any atom is -0.489 e. The molecule has 1 heterocycles. The monoisotopic (exact) mass is 537 g/mol. The van der Waals surface area contributed by atoms with Crippen molar-refractivity contribution in [1.82, 2.24) is 10.3 Å². The molecule has 0 aliphatic heterocycles. The zero-order valence-electron chi connectivity index (χ0n) is 21.9. The number of anilines is 2. The maximum atomic E-state index is 14.3. The van der Waals surface area contributed by atoms with Crippen LogP contribution in [-0.4, -0.2) is 35.2 Å². The van der Waals surface area contributed by atoms with E-state index in [2.05, 4.69) is 15.6 Å². The first-order chi connectivity index (χ1) is 18.7. The maximum absolute atomic E-state index is 14.3. The van der Waals surface area contributed by atoms with Gasteiger partial charge in [-0.15, -0.1) is 0 Å². The number of methoxy groups -OCH3 is 1. The van der Waals surface area contributed by atoms with E-state index in [1.54, 1.807) is 14.0 Å². The van der Waals surface area contributed by atoms with Gasteiger partial charge in [0.1, 0.15) is 23.9 Å². The lowest BCUT2D eigenvalue weighted by atomic mass is 9.93. The van der Waals surface area contributed by atoms with E-state index in [-0.39, 0.29) is 30.3 Å². The fourth-order valence-electron chi connectivity index (χ4n) is 4.74. The summed E-state index contributed by atoms with van der Waals surface area (Å²) >= 11 is 0. The Kier molecular flexibility index (Phi) is 8.92. The Morgan fingerprint density at radius 1 is 1.18 bits per heavy atom. The van der Waals surface area contributed by atoms with Gasteiger partial charge in [0.25, 0.3) is 0 Å². The molecule has 10 nitrogen and oxygen atoms in total. The van der Waals surface area contributed by atoms with Gasteiger partial charge in [0.05, 0.1) is 16.7 Å². The molecule has 4 rings (SSSR count). The van der Waals surface area contributed by atoms with Crippen LogP contribution in [-0.2, 0) is 11.3 Å². The van der Waals surface area contributed by atoms with Crippen LogP contribution < -0.4 is 21.1 Å². The molecular formula is C28H32FN5O5. The molecule has 4 N–H and O–H groups in total. The van der Waals surface area contributed by atoms with Crippen molar-refractivity contribution in [2.75, 3.05) is 18.2 Å². The standard InChI is InChI=1S/C28H32FN5O5/c1-17(22-14-19(29)8-13-25(22)39-16-18-6-4-3-5-7-18)24-15-23(30)26(34(36)37)27(32-24)33-28(35)31-20-9-11-21(38-2)12-10-20/h3-8,13-15,17,20-21H,9-12,16H2,1-2H3,(H4,30,31,32,33,35). The van der Waals surface area contributed by atoms with E-state index in [0.29, 0.717) is 17.0 Å². The molecule has 1 saturated carbocycles. The number of hydrogen-bond donors (Lipinski definition) is 3. The summed E-state index contributed by atoms with van der Waals surface area (Å²) in [6.45, 7) is 2.02. The fourth-order valence-corrected chi connectivity index (χ4v) is 4.74. The van der Waals surface area contributed by atoms with Crippen molar-refractivity contribution < 1.29 is 23.6 Å². The van der Waals surface area contributed by atoms with Crippen molar-refractivity contribution in [3.8, 4) is 5.75 Å². The highest BCUT2D eigenvalue weighted by atomic mass is 19.1. The van der Waals surface area contributed by atoms with Crippen molar-refractivity contribution in [3.63, 3.8) is 0 Å². The van der Waals surface area contributed by atoms with Gasteiger partial charge in [-0.1, -0.05) is 37.3 Å². The first kappa shape index (κ1) is 27.8. The highest BCUT2D eigenvalue weighted by Crippen LogP contribution is 2.37. The molecule has 1 aromatic heterocycles. The third kappa shape index (κ3) is 6.99. The van der Waals surface area contributed by atoms with E-state index in [1.165, 1.54) is 24.3 Å². The van der Waals surface area contributed by atoms with E-state index < -0.39 is 28.4 Å². The summed E-state index contributed by atoms with van der Waals surface area (Å²) < 4.78 is 25.6. The summed E-state index contributed by atoms with van der Waals surface area (Å²) in [6, 6.07) is 14.3. The number of halogens is 1. The largest absolute Gasteiger partial charge is 0.489 e. The Bertz CT molecular complexity index is 1320. The summed E-state index contributed by atoms with van der Waals surface area (Å²) in [6.07, 6.45) is 3.23. The van der Waals surface area contributed by atoms with E-state index in [1.807, 2.05) is 30.3 Å². The summed E-state index contributed by atoms with van der Waals surface area (Å²) in [5.41, 5.74) is 7.11. The van der Waals surface area contributed by atoms with Crippen molar-refractivity contribution in [3.05, 3.63) is 87.3 Å². The molecule has 206 valence electrons. The molecule has 0 radical (unpaired) electrons. The normalized spacial score (nSPS) is 17.7. The number of hydrogen-bond acceptors (Lipinski definition) is 7. The fraction of sp³-hybridized carbons (Fsp3) is 0.357. The molecule has 1 unspecified atom stereocenters. The number of urea groups is 1. The molecule has 0 spiro atoms. The number of nitrogen functional groups attached to an aromatic ring is 1. The topological polar surface area (TPSA) is 142 Å². The lowest BCUT2D eigenvalue weighted by Gasteiger charge is -2.28. The lowest BCUT2D eigenvalue weighted by Crippen LogP contribution is -2.41. The Balaban J connectivity index is 1.57. The van der Waals surface area contributed by atoms with Crippen LogP contribution in [0.2, 0.25) is 0 Å². The van der Waals surface area contributed by atoms with Crippen LogP contribution in [0, 0.1) is 15.9 Å². The maximum Gasteiger partial charge on any atom is 0.334 e. The van der Waals surface area contributed by atoms with Crippen LogP contribution in [0.3, 0.4) is 0 Å². The molecule has 39 heavy (non-hydrogen) atoms. The molecule has 2 aromatic carbocycles. The van der Waals surface area contributed by atoms with E-state index in [9.17, 15) is 19.3 Å². The molecule has 0 bridgehead atoms. The zero-order chi connectivity index (χ0) is 27.9. The van der Waals surface area contributed by atoms with E-state index >= 15 is 0 Å². The van der Waals surface area contributed by atoms with Gasteiger partial charge in [-0.2, -0.15) is 0 Å². The average molecular weight is 538 g/mol. The minimum absolute atomic E-state index is 0.0912. The second-order valence-electron chi connectivity index (χ2n) is 9.58. The molecular weight excluding hydrogens is 505 g/mol. The molecule has 1 atom stereocenters. The number of pyridine rings is 1. The van der Waals surface area contributed by atoms with Gasteiger partial charge in [0, 0.05) is 24.6 Å². The van der Waals surface area contributed by atoms with Gasteiger partial charge < -0.3 is 20.5 Å². The Hall–Kier alpha value is -4.25. The highest BCUT2D eigenvalue weighted by Gasteiger charge is 2.28. The average Bonchev–Trinajstić information content (AvgIpc) is 2.92. The van der Waals surface area contributed by atoms with Crippen molar-refractivity contribution >= 4 is 23.2 Å². The van der Waals surface area contributed by atoms with Gasteiger partial charge >= 0.3 is 11.7 Å². The molecule has 1 aliphatic rings. The van der Waals surface area contributed by atoms with Crippen LogP contribution in [0.4, 0.5) is 26.4 Å². The van der Waals surface area contributed by atoms with Gasteiger partial charge in [-0.05, 0) is 55.5 Å². The van der Waals surface area contributed by atoms with Crippen molar-refractivity contribution in [1.29, 1.82) is 0 Å². The predicted molar refractivity (Wildman–Crippen MR) is 145 cm³/mol. The molecule has 2 amide bonds. The predicted octanol–water partition coefficient (Wildman–Crippen LogP) is 5.52. The van der Waals surface area contributed by atoms with E-state index in [0.717, 1.165) is 31.2 Å². The van der Waals surface area contributed by atoms with E-state index in [4.69, 9.17) is 15.2 Å². The quantitative estimate of drug-likeness (QED) is 0.241. The summed E-state index contributed by atoms with van der Waals surface area (Å²) in [5.74, 6) is -0.888. The van der Waals surface area contributed by atoms with Crippen LogP contribution >= 0.6 is 0 Å². The van der Waals surface area contributed by atoms with Crippen LogP contribution in [0.5, 0.6) is 5.75 Å². The second-order valence-corrected chi connectivity index (χ2v) is 9.58. The number of carbonyl (C=O) groups excluding carboxylic acids is 1. The molecule has 1 fully saturated rings.